The molecular weight excluding hydrogens is 400 g/mol. The third kappa shape index (κ3) is 4.60. The Labute approximate surface area is 169 Å². The van der Waals surface area contributed by atoms with E-state index >= 15 is 0 Å². The molecule has 0 amide bonds. The highest BCUT2D eigenvalue weighted by Crippen LogP contribution is 2.26. The Morgan fingerprint density at radius 1 is 1.15 bits per heavy atom. The summed E-state index contributed by atoms with van der Waals surface area (Å²) >= 11 is 3.57. The summed E-state index contributed by atoms with van der Waals surface area (Å²) in [5, 5.41) is 8.12. The van der Waals surface area contributed by atoms with Gasteiger partial charge < -0.3 is 10.2 Å². The van der Waals surface area contributed by atoms with Gasteiger partial charge in [-0.05, 0) is 55.2 Å². The molecule has 0 spiro atoms. The number of hydrogen-bond acceptors (Lipinski definition) is 3. The van der Waals surface area contributed by atoms with E-state index in [-0.39, 0.29) is 0 Å². The van der Waals surface area contributed by atoms with Gasteiger partial charge in [0, 0.05) is 48.1 Å². The number of benzene rings is 2. The second-order valence-electron chi connectivity index (χ2n) is 7.34. The maximum absolute atomic E-state index is 4.50. The van der Waals surface area contributed by atoms with Crippen LogP contribution in [0.2, 0.25) is 0 Å². The molecule has 27 heavy (non-hydrogen) atoms. The summed E-state index contributed by atoms with van der Waals surface area (Å²) in [6, 6.07) is 17.0. The van der Waals surface area contributed by atoms with Crippen molar-refractivity contribution in [3.8, 4) is 5.69 Å². The highest BCUT2D eigenvalue weighted by atomic mass is 79.9. The molecule has 140 valence electrons. The van der Waals surface area contributed by atoms with Gasteiger partial charge in [0.25, 0.3) is 0 Å². The van der Waals surface area contributed by atoms with Crippen molar-refractivity contribution in [1.82, 2.24) is 15.1 Å². The lowest BCUT2D eigenvalue weighted by Gasteiger charge is -2.19. The molecule has 1 atom stereocenters. The Morgan fingerprint density at radius 2 is 2.00 bits per heavy atom. The van der Waals surface area contributed by atoms with Gasteiger partial charge in [0.05, 0.1) is 11.9 Å². The van der Waals surface area contributed by atoms with Crippen molar-refractivity contribution in [2.75, 3.05) is 24.5 Å². The number of aromatic nitrogens is 2. The molecule has 0 saturated carbocycles. The number of nitrogens with zero attached hydrogens (tertiary/aromatic N) is 3. The van der Waals surface area contributed by atoms with Crippen LogP contribution in [0.4, 0.5) is 5.69 Å². The largest absolute Gasteiger partial charge is 0.371 e. The molecule has 2 heterocycles. The van der Waals surface area contributed by atoms with Gasteiger partial charge in [0.1, 0.15) is 0 Å². The molecule has 1 aromatic heterocycles. The first-order valence-electron chi connectivity index (χ1n) is 9.49. The van der Waals surface area contributed by atoms with Crippen LogP contribution < -0.4 is 10.2 Å². The van der Waals surface area contributed by atoms with Crippen molar-refractivity contribution in [3.05, 3.63) is 76.5 Å². The van der Waals surface area contributed by atoms with Gasteiger partial charge in [-0.15, -0.1) is 0 Å². The van der Waals surface area contributed by atoms with E-state index in [4.69, 9.17) is 0 Å². The van der Waals surface area contributed by atoms with Gasteiger partial charge in [-0.25, -0.2) is 4.68 Å². The highest BCUT2D eigenvalue weighted by Gasteiger charge is 2.22. The van der Waals surface area contributed by atoms with Crippen LogP contribution in [-0.2, 0) is 6.54 Å². The van der Waals surface area contributed by atoms with Crippen molar-refractivity contribution >= 4 is 21.6 Å². The molecule has 4 rings (SSSR count). The molecule has 1 N–H and O–H groups in total. The first-order chi connectivity index (χ1) is 13.2. The monoisotopic (exact) mass is 424 g/mol. The topological polar surface area (TPSA) is 33.1 Å². The zero-order valence-corrected chi connectivity index (χ0v) is 17.2. The van der Waals surface area contributed by atoms with Crippen molar-refractivity contribution in [2.45, 2.75) is 19.9 Å². The zero-order chi connectivity index (χ0) is 18.6. The van der Waals surface area contributed by atoms with E-state index in [2.05, 4.69) is 92.9 Å². The Bertz CT molecular complexity index is 905. The Hall–Kier alpha value is -2.11. The molecule has 4 nitrogen and oxygen atoms in total. The molecule has 1 aliphatic heterocycles. The highest BCUT2D eigenvalue weighted by molar-refractivity contribution is 9.10. The van der Waals surface area contributed by atoms with Crippen LogP contribution in [0.1, 0.15) is 17.5 Å². The standard InChI is InChI=1S/C22H25BrN4/c1-17-4-2-7-22(10-17)27-16-19(14-25-27)13-24-12-18-8-9-26(15-18)21-6-3-5-20(23)11-21/h2-7,10-11,14,16,18,24H,8-9,12-13,15H2,1H3. The lowest BCUT2D eigenvalue weighted by Crippen LogP contribution is -2.26. The molecule has 2 aromatic carbocycles. The fraction of sp³-hybridized carbons (Fsp3) is 0.318. The first kappa shape index (κ1) is 18.3. The van der Waals surface area contributed by atoms with Crippen molar-refractivity contribution in [3.63, 3.8) is 0 Å². The minimum atomic E-state index is 0.691. The molecule has 1 unspecified atom stereocenters. The van der Waals surface area contributed by atoms with Gasteiger partial charge >= 0.3 is 0 Å². The fourth-order valence-electron chi connectivity index (χ4n) is 3.69. The van der Waals surface area contributed by atoms with E-state index in [1.807, 2.05) is 10.9 Å². The van der Waals surface area contributed by atoms with Crippen LogP contribution >= 0.6 is 15.9 Å². The molecule has 1 saturated heterocycles. The Morgan fingerprint density at radius 3 is 2.85 bits per heavy atom. The van der Waals surface area contributed by atoms with Crippen LogP contribution in [0.5, 0.6) is 0 Å². The van der Waals surface area contributed by atoms with E-state index in [9.17, 15) is 0 Å². The van der Waals surface area contributed by atoms with E-state index < -0.39 is 0 Å². The summed E-state index contributed by atoms with van der Waals surface area (Å²) < 4.78 is 3.10. The van der Waals surface area contributed by atoms with Gasteiger partial charge in [0.15, 0.2) is 0 Å². The van der Waals surface area contributed by atoms with Gasteiger partial charge in [0.2, 0.25) is 0 Å². The molecule has 1 fully saturated rings. The molecular formula is C22H25BrN4. The smallest absolute Gasteiger partial charge is 0.0648 e. The molecule has 1 aliphatic rings. The molecule has 0 radical (unpaired) electrons. The zero-order valence-electron chi connectivity index (χ0n) is 15.6. The van der Waals surface area contributed by atoms with E-state index in [1.165, 1.54) is 23.2 Å². The molecule has 3 aromatic rings. The summed E-state index contributed by atoms with van der Waals surface area (Å²) in [7, 11) is 0. The second kappa shape index (κ2) is 8.28. The average molecular weight is 425 g/mol. The van der Waals surface area contributed by atoms with Crippen LogP contribution in [0, 0.1) is 12.8 Å². The summed E-state index contributed by atoms with van der Waals surface area (Å²) in [6.45, 7) is 6.26. The number of hydrogen-bond donors (Lipinski definition) is 1. The second-order valence-corrected chi connectivity index (χ2v) is 8.26. The molecule has 5 heteroatoms. The fourth-order valence-corrected chi connectivity index (χ4v) is 4.08. The van der Waals surface area contributed by atoms with Crippen molar-refractivity contribution in [1.29, 1.82) is 0 Å². The van der Waals surface area contributed by atoms with Crippen LogP contribution in [0.25, 0.3) is 5.69 Å². The number of anilines is 1. The number of aryl methyl sites for hydroxylation is 1. The SMILES string of the molecule is Cc1cccc(-n2cc(CNCC3CCN(c4cccc(Br)c4)C3)cn2)c1. The van der Waals surface area contributed by atoms with Crippen molar-refractivity contribution in [2.24, 2.45) is 5.92 Å². The van der Waals surface area contributed by atoms with E-state index in [0.29, 0.717) is 5.92 Å². The summed E-state index contributed by atoms with van der Waals surface area (Å²) in [5.74, 6) is 0.691. The number of halogens is 1. The minimum Gasteiger partial charge on any atom is -0.371 e. The van der Waals surface area contributed by atoms with Crippen LogP contribution in [0.3, 0.4) is 0 Å². The third-order valence-corrected chi connectivity index (χ3v) is 5.62. The van der Waals surface area contributed by atoms with Crippen molar-refractivity contribution < 1.29 is 0 Å². The Balaban J connectivity index is 1.27. The van der Waals surface area contributed by atoms with Crippen LogP contribution in [-0.4, -0.2) is 29.4 Å². The number of rotatable bonds is 6. The normalized spacial score (nSPS) is 16.8. The summed E-state index contributed by atoms with van der Waals surface area (Å²) in [5.41, 5.74) is 4.89. The molecule has 0 aliphatic carbocycles. The molecule has 0 bridgehead atoms. The summed E-state index contributed by atoms with van der Waals surface area (Å²) in [4.78, 5) is 2.48. The predicted octanol–water partition coefficient (Wildman–Crippen LogP) is 4.56. The van der Waals surface area contributed by atoms with Gasteiger partial charge in [-0.2, -0.15) is 5.10 Å². The maximum atomic E-state index is 4.50. The maximum Gasteiger partial charge on any atom is 0.0648 e. The van der Waals surface area contributed by atoms with E-state index in [1.54, 1.807) is 0 Å². The lowest BCUT2D eigenvalue weighted by molar-refractivity contribution is 0.516. The minimum absolute atomic E-state index is 0.691. The van der Waals surface area contributed by atoms with E-state index in [0.717, 1.165) is 36.3 Å². The predicted molar refractivity (Wildman–Crippen MR) is 114 cm³/mol. The average Bonchev–Trinajstić information content (AvgIpc) is 3.32. The Kier molecular flexibility index (Phi) is 5.60. The third-order valence-electron chi connectivity index (χ3n) is 5.12. The van der Waals surface area contributed by atoms with Gasteiger partial charge in [-0.1, -0.05) is 34.1 Å². The quantitative estimate of drug-likeness (QED) is 0.629. The lowest BCUT2D eigenvalue weighted by atomic mass is 10.1. The van der Waals surface area contributed by atoms with Gasteiger partial charge in [-0.3, -0.25) is 0 Å². The number of nitrogens with one attached hydrogen (secondary N) is 1. The van der Waals surface area contributed by atoms with Crippen LogP contribution in [0.15, 0.2) is 65.4 Å². The first-order valence-corrected chi connectivity index (χ1v) is 10.3. The summed E-state index contributed by atoms with van der Waals surface area (Å²) in [6.07, 6.45) is 5.31.